The van der Waals surface area contributed by atoms with Crippen molar-refractivity contribution in [1.29, 1.82) is 0 Å². The van der Waals surface area contributed by atoms with Gasteiger partial charge in [0.25, 0.3) is 0 Å². The van der Waals surface area contributed by atoms with E-state index < -0.39 is 7.92 Å². The highest BCUT2D eigenvalue weighted by Crippen LogP contribution is 2.32. The molecule has 0 aliphatic heterocycles. The van der Waals surface area contributed by atoms with Gasteiger partial charge in [0.05, 0.1) is 0 Å². The number of carbonyl (C=O) groups excluding carboxylic acids is 1. The molecule has 0 amide bonds. The third-order valence-electron chi connectivity index (χ3n) is 4.64. The first-order chi connectivity index (χ1) is 13.6. The second kappa shape index (κ2) is 10.7. The SMILES string of the molecule is CC1CCC(I)=CC1=O.c1ccc(P(c2ccccc2)c2ccccc2)cc1. The molecular formula is C25H24IOP. The quantitative estimate of drug-likeness (QED) is 0.332. The Kier molecular flexibility index (Phi) is 8.00. The van der Waals surface area contributed by atoms with Crippen LogP contribution in [0.15, 0.2) is 101 Å². The number of rotatable bonds is 3. The van der Waals surface area contributed by atoms with Gasteiger partial charge in [-0.05, 0) is 68.9 Å². The van der Waals surface area contributed by atoms with Gasteiger partial charge < -0.3 is 0 Å². The minimum absolute atomic E-state index is 0.267. The van der Waals surface area contributed by atoms with Gasteiger partial charge in [-0.2, -0.15) is 0 Å². The molecule has 4 rings (SSSR count). The Balaban J connectivity index is 0.000000211. The van der Waals surface area contributed by atoms with E-state index in [4.69, 9.17) is 0 Å². The van der Waals surface area contributed by atoms with E-state index in [1.807, 2.05) is 6.92 Å². The van der Waals surface area contributed by atoms with Crippen molar-refractivity contribution < 1.29 is 4.79 Å². The van der Waals surface area contributed by atoms with Gasteiger partial charge in [-0.25, -0.2) is 0 Å². The number of carbonyl (C=O) groups is 1. The molecule has 28 heavy (non-hydrogen) atoms. The summed E-state index contributed by atoms with van der Waals surface area (Å²) in [5.74, 6) is 0.564. The summed E-state index contributed by atoms with van der Waals surface area (Å²) in [5, 5.41) is 4.19. The van der Waals surface area contributed by atoms with Crippen LogP contribution in [0, 0.1) is 5.92 Å². The van der Waals surface area contributed by atoms with E-state index in [-0.39, 0.29) is 5.92 Å². The normalized spacial score (nSPS) is 16.2. The Morgan fingerprint density at radius 2 is 1.14 bits per heavy atom. The van der Waals surface area contributed by atoms with E-state index >= 15 is 0 Å². The maximum Gasteiger partial charge on any atom is 0.159 e. The largest absolute Gasteiger partial charge is 0.295 e. The molecule has 1 aliphatic carbocycles. The second-order valence-corrected chi connectivity index (χ2v) is 10.4. The topological polar surface area (TPSA) is 17.1 Å². The standard InChI is InChI=1S/C18H15P.C7H9IO/c1-4-10-16(11-5-1)19(17-12-6-2-7-13-17)18-14-8-3-9-15-18;1-5-2-3-6(8)4-7(5)9/h1-15H;4-5H,2-3H2,1H3. The first kappa shape index (κ1) is 21.0. The van der Waals surface area contributed by atoms with Gasteiger partial charge in [0.2, 0.25) is 0 Å². The predicted molar refractivity (Wildman–Crippen MR) is 131 cm³/mol. The first-order valence-corrected chi connectivity index (χ1v) is 11.9. The van der Waals surface area contributed by atoms with Gasteiger partial charge in [-0.3, -0.25) is 4.79 Å². The zero-order chi connectivity index (χ0) is 19.8. The van der Waals surface area contributed by atoms with Crippen molar-refractivity contribution in [3.8, 4) is 0 Å². The van der Waals surface area contributed by atoms with Crippen molar-refractivity contribution in [1.82, 2.24) is 0 Å². The van der Waals surface area contributed by atoms with Gasteiger partial charge in [-0.15, -0.1) is 0 Å². The Morgan fingerprint density at radius 3 is 1.46 bits per heavy atom. The number of hydrogen-bond donors (Lipinski definition) is 0. The van der Waals surface area contributed by atoms with Crippen molar-refractivity contribution in [3.63, 3.8) is 0 Å². The summed E-state index contributed by atoms with van der Waals surface area (Å²) < 4.78 is 1.20. The third-order valence-corrected chi connectivity index (χ3v) is 7.94. The molecule has 3 aromatic carbocycles. The van der Waals surface area contributed by atoms with Crippen LogP contribution in [0.2, 0.25) is 0 Å². The summed E-state index contributed by atoms with van der Waals surface area (Å²) in [4.78, 5) is 10.9. The lowest BCUT2D eigenvalue weighted by atomic mass is 9.95. The monoisotopic (exact) mass is 498 g/mol. The molecule has 0 heterocycles. The van der Waals surface area contributed by atoms with E-state index in [2.05, 4.69) is 114 Å². The lowest BCUT2D eigenvalue weighted by molar-refractivity contribution is -0.118. The van der Waals surface area contributed by atoms with Crippen LogP contribution in [0.5, 0.6) is 0 Å². The van der Waals surface area contributed by atoms with Gasteiger partial charge in [0.1, 0.15) is 0 Å². The minimum atomic E-state index is -0.446. The highest BCUT2D eigenvalue weighted by molar-refractivity contribution is 14.1. The lowest BCUT2D eigenvalue weighted by Crippen LogP contribution is -2.20. The first-order valence-electron chi connectivity index (χ1n) is 9.50. The molecule has 0 radical (unpaired) electrons. The molecule has 0 spiro atoms. The van der Waals surface area contributed by atoms with E-state index in [9.17, 15) is 4.79 Å². The number of allylic oxidation sites excluding steroid dienone is 2. The minimum Gasteiger partial charge on any atom is -0.295 e. The van der Waals surface area contributed by atoms with Crippen LogP contribution < -0.4 is 15.9 Å². The Bertz CT molecular complexity index is 813. The average Bonchev–Trinajstić information content (AvgIpc) is 2.74. The predicted octanol–water partition coefficient (Wildman–Crippen LogP) is 5.75. The lowest BCUT2D eigenvalue weighted by Gasteiger charge is -2.18. The molecule has 142 valence electrons. The van der Waals surface area contributed by atoms with Gasteiger partial charge in [-0.1, -0.05) is 97.9 Å². The molecule has 1 atom stereocenters. The molecule has 0 saturated carbocycles. The van der Waals surface area contributed by atoms with Gasteiger partial charge in [0.15, 0.2) is 5.78 Å². The number of halogens is 1. The number of benzene rings is 3. The fourth-order valence-electron chi connectivity index (χ4n) is 3.04. The van der Waals surface area contributed by atoms with Crippen LogP contribution in [0.25, 0.3) is 0 Å². The summed E-state index contributed by atoms with van der Waals surface area (Å²) in [6.07, 6.45) is 3.88. The zero-order valence-corrected chi connectivity index (χ0v) is 19.0. The van der Waals surface area contributed by atoms with Crippen molar-refractivity contribution in [2.24, 2.45) is 5.92 Å². The van der Waals surface area contributed by atoms with Crippen LogP contribution in [-0.4, -0.2) is 5.78 Å². The molecule has 3 aromatic rings. The highest BCUT2D eigenvalue weighted by Gasteiger charge is 2.16. The summed E-state index contributed by atoms with van der Waals surface area (Å²) in [6, 6.07) is 32.3. The van der Waals surface area contributed by atoms with Crippen LogP contribution in [0.1, 0.15) is 19.8 Å². The summed E-state index contributed by atoms with van der Waals surface area (Å²) in [7, 11) is -0.446. The summed E-state index contributed by atoms with van der Waals surface area (Å²) >= 11 is 2.22. The van der Waals surface area contributed by atoms with E-state index in [0.717, 1.165) is 12.8 Å². The molecule has 0 saturated heterocycles. The van der Waals surface area contributed by atoms with Gasteiger partial charge >= 0.3 is 0 Å². The van der Waals surface area contributed by atoms with Crippen molar-refractivity contribution in [3.05, 3.63) is 101 Å². The molecule has 1 aliphatic rings. The van der Waals surface area contributed by atoms with Crippen LogP contribution in [-0.2, 0) is 4.79 Å². The average molecular weight is 498 g/mol. The molecular weight excluding hydrogens is 474 g/mol. The summed E-state index contributed by atoms with van der Waals surface area (Å²) in [6.45, 7) is 1.99. The van der Waals surface area contributed by atoms with Crippen LogP contribution in [0.4, 0.5) is 0 Å². The van der Waals surface area contributed by atoms with Crippen LogP contribution in [0.3, 0.4) is 0 Å². The van der Waals surface area contributed by atoms with Crippen LogP contribution >= 0.6 is 30.5 Å². The Labute approximate surface area is 182 Å². The molecule has 1 unspecified atom stereocenters. The van der Waals surface area contributed by atoms with Crippen molar-refractivity contribution in [2.45, 2.75) is 19.8 Å². The summed E-state index contributed by atoms with van der Waals surface area (Å²) in [5.41, 5.74) is 0. The smallest absolute Gasteiger partial charge is 0.159 e. The zero-order valence-electron chi connectivity index (χ0n) is 16.0. The Morgan fingerprint density at radius 1 is 0.750 bits per heavy atom. The Hall–Kier alpha value is -1.77. The molecule has 0 N–H and O–H groups in total. The van der Waals surface area contributed by atoms with E-state index in [1.165, 1.54) is 19.5 Å². The molecule has 0 bridgehead atoms. The molecule has 0 aromatic heterocycles. The molecule has 1 nitrogen and oxygen atoms in total. The van der Waals surface area contributed by atoms with Gasteiger partial charge in [0, 0.05) is 5.92 Å². The number of hydrogen-bond acceptors (Lipinski definition) is 1. The maximum atomic E-state index is 10.9. The fourth-order valence-corrected chi connectivity index (χ4v) is 5.97. The van der Waals surface area contributed by atoms with E-state index in [0.29, 0.717) is 5.78 Å². The third kappa shape index (κ3) is 5.86. The van der Waals surface area contributed by atoms with Crippen molar-refractivity contribution >= 4 is 52.2 Å². The highest BCUT2D eigenvalue weighted by atomic mass is 127. The van der Waals surface area contributed by atoms with E-state index in [1.54, 1.807) is 6.08 Å². The maximum absolute atomic E-state index is 10.9. The number of ketones is 1. The molecule has 3 heteroatoms. The van der Waals surface area contributed by atoms with Crippen molar-refractivity contribution in [2.75, 3.05) is 0 Å². The molecule has 0 fully saturated rings. The fraction of sp³-hybridized carbons (Fsp3) is 0.160. The second-order valence-electron chi connectivity index (χ2n) is 6.78.